The summed E-state index contributed by atoms with van der Waals surface area (Å²) in [7, 11) is -4.32. The normalized spacial score (nSPS) is 19.4. The highest BCUT2D eigenvalue weighted by molar-refractivity contribution is 7.48. The van der Waals surface area contributed by atoms with Gasteiger partial charge in [-0.1, -0.05) is 119 Å². The summed E-state index contributed by atoms with van der Waals surface area (Å²) < 4.78 is 54.2. The molecule has 0 aliphatic carbocycles. The number of nitrogens with one attached hydrogen (secondary N) is 4. The molecule has 7 heterocycles. The van der Waals surface area contributed by atoms with Crippen LogP contribution >= 0.6 is 7.82 Å². The van der Waals surface area contributed by atoms with E-state index in [0.717, 1.165) is 44.6 Å². The summed E-state index contributed by atoms with van der Waals surface area (Å²) in [5, 5.41) is 21.7. The number of hydrogen-bond acceptors (Lipinski definition) is 13. The van der Waals surface area contributed by atoms with Crippen molar-refractivity contribution in [1.29, 1.82) is 0 Å². The summed E-state index contributed by atoms with van der Waals surface area (Å²) in [4.78, 5) is 41.7. The number of amides is 2. The Kier molecular flexibility index (Phi) is 11.0. The molecule has 72 heavy (non-hydrogen) atoms. The lowest BCUT2D eigenvalue weighted by Gasteiger charge is -2.30. The van der Waals surface area contributed by atoms with Crippen LogP contribution in [0.2, 0.25) is 0 Å². The zero-order valence-electron chi connectivity index (χ0n) is 39.9. The topological polar surface area (TPSA) is 212 Å². The van der Waals surface area contributed by atoms with Gasteiger partial charge in [0.05, 0.1) is 24.9 Å². The van der Waals surface area contributed by atoms with Crippen LogP contribution in [0.1, 0.15) is 86.0 Å². The van der Waals surface area contributed by atoms with Crippen LogP contribution in [0, 0.1) is 5.92 Å². The average Bonchev–Trinajstić information content (AvgIpc) is 4.24. The number of carbonyl (C=O) groups excluding carboxylic acids is 2. The van der Waals surface area contributed by atoms with Crippen molar-refractivity contribution in [3.05, 3.63) is 161 Å². The number of ether oxygens (including phenoxy) is 1. The van der Waals surface area contributed by atoms with Crippen molar-refractivity contribution in [2.45, 2.75) is 89.5 Å². The molecule has 4 aliphatic heterocycles. The maximum absolute atomic E-state index is 14.8. The molecule has 4 atom stereocenters. The van der Waals surface area contributed by atoms with Crippen LogP contribution in [0.15, 0.2) is 130 Å². The number of fused-ring (bicyclic) bond motifs is 7. The first-order valence-corrected chi connectivity index (χ1v) is 25.7. The quantitative estimate of drug-likeness (QED) is 0.0682. The minimum atomic E-state index is -4.32. The Labute approximate surface area is 414 Å². The molecule has 2 amide bonds. The molecule has 16 nitrogen and oxygen atoms in total. The number of H-pyrrole nitrogens is 1. The molecule has 5 N–H and O–H groups in total. The van der Waals surface area contributed by atoms with E-state index in [1.165, 1.54) is 0 Å². The first-order chi connectivity index (χ1) is 34.9. The molecule has 3 aromatic heterocycles. The van der Waals surface area contributed by atoms with Crippen LogP contribution in [0.25, 0.3) is 44.9 Å². The number of phosphoric ester groups is 1. The molecule has 17 heteroatoms. The third-order valence-corrected chi connectivity index (χ3v) is 15.8. The Hall–Kier alpha value is -7.49. The second-order valence-corrected chi connectivity index (χ2v) is 20.7. The molecule has 0 saturated carbocycles. The van der Waals surface area contributed by atoms with Crippen LogP contribution in [-0.4, -0.2) is 49.7 Å². The predicted octanol–water partition coefficient (Wildman–Crippen LogP) is 10.3. The summed E-state index contributed by atoms with van der Waals surface area (Å²) in [6, 6.07) is 32.4. The van der Waals surface area contributed by atoms with E-state index < -0.39 is 49.0 Å². The van der Waals surface area contributed by atoms with Crippen LogP contribution in [-0.2, 0) is 48.3 Å². The summed E-state index contributed by atoms with van der Waals surface area (Å²) in [5.41, 5.74) is 4.77. The average molecular weight is 987 g/mol. The highest BCUT2D eigenvalue weighted by Crippen LogP contribution is 2.62. The molecule has 5 aromatic carbocycles. The minimum absolute atomic E-state index is 0.0299. The van der Waals surface area contributed by atoms with Gasteiger partial charge in [-0.25, -0.2) is 14.5 Å². The smallest absolute Gasteiger partial charge is 0.469 e. The van der Waals surface area contributed by atoms with E-state index >= 15 is 0 Å². The van der Waals surface area contributed by atoms with E-state index in [4.69, 9.17) is 37.1 Å². The summed E-state index contributed by atoms with van der Waals surface area (Å²) >= 11 is 0. The number of oxazole rings is 2. The predicted molar refractivity (Wildman–Crippen MR) is 267 cm³/mol. The molecule has 10 bridgehead atoms. The van der Waals surface area contributed by atoms with Gasteiger partial charge in [-0.2, -0.15) is 0 Å². The van der Waals surface area contributed by atoms with Crippen molar-refractivity contribution in [2.75, 3.05) is 5.32 Å². The van der Waals surface area contributed by atoms with Crippen LogP contribution in [0.3, 0.4) is 0 Å². The number of aromatic amines is 1. The molecular weight excluding hydrogens is 936 g/mol. The second-order valence-electron chi connectivity index (χ2n) is 19.1. The van der Waals surface area contributed by atoms with Crippen LogP contribution in [0.5, 0.6) is 11.5 Å². The van der Waals surface area contributed by atoms with Gasteiger partial charge in [-0.15, -0.1) is 0 Å². The number of anilines is 1. The molecule has 0 radical (unpaired) electrons. The number of aromatic nitrogens is 3. The first-order valence-electron chi connectivity index (χ1n) is 24.2. The molecule has 366 valence electrons. The zero-order valence-corrected chi connectivity index (χ0v) is 40.7. The minimum Gasteiger partial charge on any atom is -0.469 e. The van der Waals surface area contributed by atoms with Crippen molar-refractivity contribution in [2.24, 2.45) is 5.92 Å². The van der Waals surface area contributed by atoms with E-state index in [1.807, 2.05) is 117 Å². The third-order valence-electron chi connectivity index (χ3n) is 14.5. The maximum Gasteiger partial charge on any atom is 0.530 e. The molecule has 8 aromatic rings. The number of hydrogen-bond donors (Lipinski definition) is 5. The van der Waals surface area contributed by atoms with E-state index in [1.54, 1.807) is 32.3 Å². The lowest BCUT2D eigenvalue weighted by Crippen LogP contribution is -2.55. The van der Waals surface area contributed by atoms with Gasteiger partial charge in [-0.3, -0.25) is 18.6 Å². The molecule has 12 rings (SSSR count). The zero-order chi connectivity index (χ0) is 49.5. The van der Waals surface area contributed by atoms with Gasteiger partial charge in [0.2, 0.25) is 17.7 Å². The highest BCUT2D eigenvalue weighted by atomic mass is 31.2. The van der Waals surface area contributed by atoms with Gasteiger partial charge in [0, 0.05) is 45.9 Å². The third kappa shape index (κ3) is 7.34. The van der Waals surface area contributed by atoms with Gasteiger partial charge < -0.3 is 44.1 Å². The van der Waals surface area contributed by atoms with E-state index in [0.29, 0.717) is 39.4 Å². The van der Waals surface area contributed by atoms with Gasteiger partial charge in [0.15, 0.2) is 29.2 Å². The second kappa shape index (κ2) is 17.4. The summed E-state index contributed by atoms with van der Waals surface area (Å²) in [5.74, 6) is 0.598. The monoisotopic (exact) mass is 986 g/mol. The van der Waals surface area contributed by atoms with Gasteiger partial charge in [0.25, 0.3) is 5.91 Å². The Morgan fingerprint density at radius 1 is 0.889 bits per heavy atom. The van der Waals surface area contributed by atoms with E-state index in [2.05, 4.69) is 20.9 Å². The van der Waals surface area contributed by atoms with E-state index in [9.17, 15) is 19.3 Å². The van der Waals surface area contributed by atoms with E-state index in [-0.39, 0.29) is 55.9 Å². The molecule has 0 fully saturated rings. The summed E-state index contributed by atoms with van der Waals surface area (Å²) in [6.07, 6.45) is 3.08. The molecule has 4 aliphatic rings. The fourth-order valence-corrected chi connectivity index (χ4v) is 11.7. The Balaban J connectivity index is 1.04. The van der Waals surface area contributed by atoms with Gasteiger partial charge in [-0.05, 0) is 59.2 Å². The molecule has 0 saturated heterocycles. The molecule has 1 spiro atoms. The fraction of sp³-hybridized carbons (Fsp3) is 0.273. The standard InChI is InChI=1S/C55H51N6O10P/c1-5-54(64,6-2)52(63)58-39-25-33-20-22-40-38(24-33)55-37-19-13-18-35(45(37)61-53(55)69-40)34-21-23-41(71-72(65,66-28-31-14-9-7-10-15-31)67-29-32-16-11-8-12-17-32)46-43(34)36(26-56-46)42-27-57-50(68-42)47-48(55)70-51(60-47)44(30(3)4)59-49(39)62/h7-24,26-27,30,39,44,53,56,61,64H,5-6,25,28-29H2,1-4H3,(H,58,63)(H,59,62)/t39-,44-,53?,55?/m0/s1. The highest BCUT2D eigenvalue weighted by Gasteiger charge is 2.62. The lowest BCUT2D eigenvalue weighted by molar-refractivity contribution is -0.143. The number of aliphatic hydroxyl groups is 1. The molecule has 2 unspecified atom stereocenters. The largest absolute Gasteiger partial charge is 0.530 e. The Morgan fingerprint density at radius 2 is 1.62 bits per heavy atom. The number of rotatable bonds is 13. The molecular formula is C55H51N6O10P. The fourth-order valence-electron chi connectivity index (χ4n) is 10.5. The van der Waals surface area contributed by atoms with Crippen molar-refractivity contribution in [3.8, 4) is 45.5 Å². The Bertz CT molecular complexity index is 3430. The number of para-hydroxylation sites is 1. The van der Waals surface area contributed by atoms with Gasteiger partial charge in [0.1, 0.15) is 28.8 Å². The SMILES string of the molecule is CCC(O)(CC)C(=O)N[C@H]1Cc2ccc3c(c2)C24c5cccc(c5NC2O3)-c2ccc(OP(=O)(OCc3ccccc3)OCc3ccccc3)c3[nH]cc(c23)-c2cnc(o2)-c2nc(oc24)[C@H](C(C)C)NC1=O. The first kappa shape index (κ1) is 45.6. The van der Waals surface area contributed by atoms with Crippen molar-refractivity contribution >= 4 is 36.2 Å². The number of nitrogens with zero attached hydrogens (tertiary/aromatic N) is 2. The van der Waals surface area contributed by atoms with Crippen molar-refractivity contribution in [1.82, 2.24) is 25.6 Å². The van der Waals surface area contributed by atoms with Crippen molar-refractivity contribution in [3.63, 3.8) is 0 Å². The summed E-state index contributed by atoms with van der Waals surface area (Å²) in [6.45, 7) is 7.31. The van der Waals surface area contributed by atoms with Crippen molar-refractivity contribution < 1.29 is 46.4 Å². The number of carbonyl (C=O) groups is 2. The Morgan fingerprint density at radius 3 is 2.33 bits per heavy atom. The number of phosphoric acid groups is 1. The van der Waals surface area contributed by atoms with Gasteiger partial charge >= 0.3 is 7.82 Å². The number of benzene rings is 5. The lowest BCUT2D eigenvalue weighted by atomic mass is 9.72. The van der Waals surface area contributed by atoms with Crippen LogP contribution < -0.4 is 25.2 Å². The van der Waals surface area contributed by atoms with Crippen LogP contribution in [0.4, 0.5) is 5.69 Å². The maximum atomic E-state index is 14.8.